The predicted octanol–water partition coefficient (Wildman–Crippen LogP) is 4.08. The van der Waals surface area contributed by atoms with Crippen LogP contribution in [0.1, 0.15) is 49.7 Å². The van der Waals surface area contributed by atoms with Crippen LogP contribution in [0.4, 0.5) is 0 Å². The van der Waals surface area contributed by atoms with E-state index >= 15 is 0 Å². The van der Waals surface area contributed by atoms with E-state index in [1.807, 2.05) is 0 Å². The van der Waals surface area contributed by atoms with Gasteiger partial charge in [-0.2, -0.15) is 5.26 Å². The first-order chi connectivity index (χ1) is 9.24. The van der Waals surface area contributed by atoms with E-state index < -0.39 is 0 Å². The SMILES string of the molecule is CSc1[nH]cc(C23CC4CC(CC(C4)C2)C3)c1C#N. The molecule has 1 N–H and O–H groups in total. The molecule has 0 unspecified atom stereocenters. The predicted molar refractivity (Wildman–Crippen MR) is 77.1 cm³/mol. The maximum atomic E-state index is 9.54. The fourth-order valence-corrected chi connectivity index (χ4v) is 6.07. The fourth-order valence-electron chi connectivity index (χ4n) is 5.54. The largest absolute Gasteiger partial charge is 0.355 e. The molecule has 100 valence electrons. The summed E-state index contributed by atoms with van der Waals surface area (Å²) < 4.78 is 0. The summed E-state index contributed by atoms with van der Waals surface area (Å²) in [6.07, 6.45) is 12.6. The number of H-pyrrole nitrogens is 1. The molecule has 0 saturated heterocycles. The number of hydrogen-bond acceptors (Lipinski definition) is 2. The molecule has 0 radical (unpaired) electrons. The minimum atomic E-state index is 0.338. The molecule has 4 aliphatic rings. The van der Waals surface area contributed by atoms with Crippen molar-refractivity contribution in [2.45, 2.75) is 49.0 Å². The molecule has 1 aromatic heterocycles. The summed E-state index contributed by atoms with van der Waals surface area (Å²) in [5.41, 5.74) is 2.62. The molecule has 4 bridgehead atoms. The molecule has 0 amide bonds. The Morgan fingerprint density at radius 1 is 1.21 bits per heavy atom. The Bertz CT molecular complexity index is 516. The Labute approximate surface area is 119 Å². The lowest BCUT2D eigenvalue weighted by atomic mass is 9.48. The van der Waals surface area contributed by atoms with Crippen LogP contribution >= 0.6 is 11.8 Å². The van der Waals surface area contributed by atoms with Crippen molar-refractivity contribution in [3.63, 3.8) is 0 Å². The van der Waals surface area contributed by atoms with Crippen LogP contribution in [-0.2, 0) is 5.41 Å². The second-order valence-corrected chi connectivity index (χ2v) is 7.74. The van der Waals surface area contributed by atoms with Gasteiger partial charge in [-0.1, -0.05) is 0 Å². The molecule has 4 aliphatic carbocycles. The number of thioether (sulfide) groups is 1. The van der Waals surface area contributed by atoms with Gasteiger partial charge in [-0.3, -0.25) is 0 Å². The molecule has 4 saturated carbocycles. The third kappa shape index (κ3) is 1.62. The van der Waals surface area contributed by atoms with Gasteiger partial charge in [-0.25, -0.2) is 0 Å². The highest BCUT2D eigenvalue weighted by Gasteiger charge is 2.52. The lowest BCUT2D eigenvalue weighted by molar-refractivity contribution is -0.00526. The summed E-state index contributed by atoms with van der Waals surface area (Å²) in [6, 6.07) is 2.47. The van der Waals surface area contributed by atoms with Gasteiger partial charge in [0.05, 0.1) is 10.6 Å². The highest BCUT2D eigenvalue weighted by molar-refractivity contribution is 7.98. The molecular weight excluding hydrogens is 252 g/mol. The standard InChI is InChI=1S/C16H20N2S/c1-19-15-13(8-17)14(9-18-15)16-5-10-2-11(6-16)4-12(3-10)7-16/h9-12,18H,2-7H2,1H3. The van der Waals surface area contributed by atoms with Crippen LogP contribution < -0.4 is 0 Å². The zero-order valence-electron chi connectivity index (χ0n) is 11.4. The first-order valence-corrected chi connectivity index (χ1v) is 8.62. The molecule has 2 nitrogen and oxygen atoms in total. The van der Waals surface area contributed by atoms with Gasteiger partial charge in [-0.15, -0.1) is 11.8 Å². The number of hydrogen-bond donors (Lipinski definition) is 1. The van der Waals surface area contributed by atoms with Gasteiger partial charge in [0.1, 0.15) is 6.07 Å². The zero-order valence-corrected chi connectivity index (χ0v) is 12.2. The van der Waals surface area contributed by atoms with E-state index in [0.717, 1.165) is 28.3 Å². The van der Waals surface area contributed by atoms with E-state index in [4.69, 9.17) is 0 Å². The molecule has 1 heterocycles. The smallest absolute Gasteiger partial charge is 0.102 e. The Hall–Kier alpha value is -0.880. The quantitative estimate of drug-likeness (QED) is 0.824. The van der Waals surface area contributed by atoms with Crippen LogP contribution in [0.2, 0.25) is 0 Å². The Kier molecular flexibility index (Phi) is 2.54. The molecule has 0 aliphatic heterocycles. The average molecular weight is 272 g/mol. The van der Waals surface area contributed by atoms with Crippen LogP contribution in [0.25, 0.3) is 0 Å². The van der Waals surface area contributed by atoms with Gasteiger partial charge in [0.15, 0.2) is 0 Å². The summed E-state index contributed by atoms with van der Waals surface area (Å²) in [6.45, 7) is 0. The summed E-state index contributed by atoms with van der Waals surface area (Å²) in [4.78, 5) is 3.34. The number of nitriles is 1. The summed E-state index contributed by atoms with van der Waals surface area (Å²) in [5, 5.41) is 10.6. The lowest BCUT2D eigenvalue weighted by Gasteiger charge is -2.57. The van der Waals surface area contributed by atoms with E-state index in [0.29, 0.717) is 5.41 Å². The molecule has 4 fully saturated rings. The summed E-state index contributed by atoms with van der Waals surface area (Å²) in [7, 11) is 0. The summed E-state index contributed by atoms with van der Waals surface area (Å²) in [5.74, 6) is 2.81. The van der Waals surface area contributed by atoms with Crippen molar-refractivity contribution in [3.8, 4) is 6.07 Å². The van der Waals surface area contributed by atoms with Crippen molar-refractivity contribution in [2.75, 3.05) is 6.26 Å². The van der Waals surface area contributed by atoms with Gasteiger partial charge in [-0.05, 0) is 73.5 Å². The van der Waals surface area contributed by atoms with Crippen molar-refractivity contribution < 1.29 is 0 Å². The van der Waals surface area contributed by atoms with E-state index in [1.54, 1.807) is 11.8 Å². The normalized spacial score (nSPS) is 39.5. The van der Waals surface area contributed by atoms with Crippen molar-refractivity contribution in [2.24, 2.45) is 17.8 Å². The third-order valence-corrected chi connectivity index (χ3v) is 6.50. The van der Waals surface area contributed by atoms with Gasteiger partial charge in [0.25, 0.3) is 0 Å². The second kappa shape index (κ2) is 4.06. The number of aromatic amines is 1. The van der Waals surface area contributed by atoms with Crippen molar-refractivity contribution >= 4 is 11.8 Å². The monoisotopic (exact) mass is 272 g/mol. The van der Waals surface area contributed by atoms with Crippen molar-refractivity contribution in [3.05, 3.63) is 17.3 Å². The van der Waals surface area contributed by atoms with Crippen LogP contribution in [0.3, 0.4) is 0 Å². The summed E-state index contributed by atoms with van der Waals surface area (Å²) >= 11 is 1.67. The maximum absolute atomic E-state index is 9.54. The van der Waals surface area contributed by atoms with E-state index in [2.05, 4.69) is 23.5 Å². The number of rotatable bonds is 2. The van der Waals surface area contributed by atoms with Gasteiger partial charge in [0.2, 0.25) is 0 Å². The number of nitrogens with zero attached hydrogens (tertiary/aromatic N) is 1. The molecule has 5 rings (SSSR count). The van der Waals surface area contributed by atoms with E-state index in [-0.39, 0.29) is 0 Å². The van der Waals surface area contributed by atoms with E-state index in [9.17, 15) is 5.26 Å². The third-order valence-electron chi connectivity index (χ3n) is 5.77. The minimum absolute atomic E-state index is 0.338. The molecule has 19 heavy (non-hydrogen) atoms. The molecule has 1 aromatic rings. The Morgan fingerprint density at radius 3 is 2.26 bits per heavy atom. The lowest BCUT2D eigenvalue weighted by Crippen LogP contribution is -2.48. The van der Waals surface area contributed by atoms with Crippen LogP contribution in [0.15, 0.2) is 11.2 Å². The van der Waals surface area contributed by atoms with Gasteiger partial charge < -0.3 is 4.98 Å². The van der Waals surface area contributed by atoms with Crippen LogP contribution in [0, 0.1) is 29.1 Å². The Balaban J connectivity index is 1.80. The van der Waals surface area contributed by atoms with E-state index in [1.165, 1.54) is 44.1 Å². The number of nitrogens with one attached hydrogen (secondary N) is 1. The Morgan fingerprint density at radius 2 is 1.79 bits per heavy atom. The molecule has 3 heteroatoms. The average Bonchev–Trinajstić information content (AvgIpc) is 2.80. The van der Waals surface area contributed by atoms with Crippen LogP contribution in [-0.4, -0.2) is 11.2 Å². The minimum Gasteiger partial charge on any atom is -0.355 e. The molecule has 0 aromatic carbocycles. The number of aromatic nitrogens is 1. The molecule has 0 spiro atoms. The highest BCUT2D eigenvalue weighted by atomic mass is 32.2. The molecule has 0 atom stereocenters. The second-order valence-electron chi connectivity index (χ2n) is 6.92. The van der Waals surface area contributed by atoms with Crippen molar-refractivity contribution in [1.29, 1.82) is 5.26 Å². The first-order valence-electron chi connectivity index (χ1n) is 7.40. The first kappa shape index (κ1) is 11.9. The fraction of sp³-hybridized carbons (Fsp3) is 0.688. The van der Waals surface area contributed by atoms with Gasteiger partial charge in [0, 0.05) is 6.20 Å². The highest BCUT2D eigenvalue weighted by Crippen LogP contribution is 2.61. The van der Waals surface area contributed by atoms with Gasteiger partial charge >= 0.3 is 0 Å². The topological polar surface area (TPSA) is 39.6 Å². The van der Waals surface area contributed by atoms with Crippen LogP contribution in [0.5, 0.6) is 0 Å². The zero-order chi connectivity index (χ0) is 13.0. The molecular formula is C16H20N2S. The van der Waals surface area contributed by atoms with Crippen molar-refractivity contribution in [1.82, 2.24) is 4.98 Å². The maximum Gasteiger partial charge on any atom is 0.102 e.